The number of nitrogens with two attached hydrogens (primary N) is 1. The molecular weight excluding hydrogens is 214 g/mol. The Kier molecular flexibility index (Phi) is 5.94. The van der Waals surface area contributed by atoms with E-state index < -0.39 is 0 Å². The lowest BCUT2D eigenvalue weighted by Gasteiger charge is -2.11. The molecule has 0 amide bonds. The van der Waals surface area contributed by atoms with Crippen LogP contribution in [0.1, 0.15) is 19.0 Å². The standard InChI is InChI=1S/C13H23N3O/c1-4-11(14)9-12-5-6-13(10-15-12)17-8-7-16(2)3/h5-6,10-11H,4,7-9,14H2,1-3H3. The third-order valence-corrected chi connectivity index (χ3v) is 2.60. The van der Waals surface area contributed by atoms with Gasteiger partial charge >= 0.3 is 0 Å². The minimum absolute atomic E-state index is 0.197. The van der Waals surface area contributed by atoms with Crippen molar-refractivity contribution in [2.45, 2.75) is 25.8 Å². The Morgan fingerprint density at radius 1 is 1.41 bits per heavy atom. The third kappa shape index (κ3) is 5.65. The molecule has 0 aliphatic heterocycles. The maximum atomic E-state index is 5.88. The second-order valence-electron chi connectivity index (χ2n) is 4.51. The van der Waals surface area contributed by atoms with Gasteiger partial charge in [0.05, 0.1) is 6.20 Å². The normalized spacial score (nSPS) is 12.8. The third-order valence-electron chi connectivity index (χ3n) is 2.60. The predicted molar refractivity (Wildman–Crippen MR) is 70.3 cm³/mol. The molecule has 4 heteroatoms. The van der Waals surface area contributed by atoms with Gasteiger partial charge in [-0.3, -0.25) is 4.98 Å². The summed E-state index contributed by atoms with van der Waals surface area (Å²) in [6.45, 7) is 3.67. The summed E-state index contributed by atoms with van der Waals surface area (Å²) >= 11 is 0. The highest BCUT2D eigenvalue weighted by atomic mass is 16.5. The minimum Gasteiger partial charge on any atom is -0.491 e. The first-order valence-electron chi connectivity index (χ1n) is 6.10. The molecule has 2 N–H and O–H groups in total. The van der Waals surface area contributed by atoms with E-state index in [-0.39, 0.29) is 6.04 Å². The van der Waals surface area contributed by atoms with E-state index in [1.165, 1.54) is 0 Å². The highest BCUT2D eigenvalue weighted by Crippen LogP contribution is 2.10. The number of hydrogen-bond donors (Lipinski definition) is 1. The van der Waals surface area contributed by atoms with Gasteiger partial charge in [-0.15, -0.1) is 0 Å². The van der Waals surface area contributed by atoms with Gasteiger partial charge in [0.15, 0.2) is 0 Å². The van der Waals surface area contributed by atoms with E-state index in [9.17, 15) is 0 Å². The number of nitrogens with zero attached hydrogens (tertiary/aromatic N) is 2. The Bertz CT molecular complexity index is 311. The molecule has 1 aromatic rings. The summed E-state index contributed by atoms with van der Waals surface area (Å²) in [7, 11) is 4.05. The molecule has 0 saturated carbocycles. The monoisotopic (exact) mass is 237 g/mol. The maximum Gasteiger partial charge on any atom is 0.137 e. The number of pyridine rings is 1. The molecule has 4 nitrogen and oxygen atoms in total. The van der Waals surface area contributed by atoms with E-state index in [1.807, 2.05) is 26.2 Å². The molecule has 0 radical (unpaired) electrons. The lowest BCUT2D eigenvalue weighted by Crippen LogP contribution is -2.22. The Labute approximate surface area is 104 Å². The molecule has 0 fully saturated rings. The number of ether oxygens (including phenoxy) is 1. The molecule has 1 rings (SSSR count). The van der Waals surface area contributed by atoms with Gasteiger partial charge in [0.2, 0.25) is 0 Å². The van der Waals surface area contributed by atoms with E-state index >= 15 is 0 Å². The first-order chi connectivity index (χ1) is 8.11. The number of likely N-dealkylation sites (N-methyl/N-ethyl adjacent to an activating group) is 1. The Hall–Kier alpha value is -1.13. The van der Waals surface area contributed by atoms with Crippen LogP contribution in [0.15, 0.2) is 18.3 Å². The van der Waals surface area contributed by atoms with E-state index in [2.05, 4.69) is 16.8 Å². The number of hydrogen-bond acceptors (Lipinski definition) is 4. The van der Waals surface area contributed by atoms with Crippen LogP contribution < -0.4 is 10.5 Å². The largest absolute Gasteiger partial charge is 0.491 e. The van der Waals surface area contributed by atoms with Crippen molar-refractivity contribution in [1.29, 1.82) is 0 Å². The van der Waals surface area contributed by atoms with Crippen LogP contribution in [0.3, 0.4) is 0 Å². The van der Waals surface area contributed by atoms with Crippen molar-refractivity contribution >= 4 is 0 Å². The molecule has 0 saturated heterocycles. The number of aromatic nitrogens is 1. The molecular formula is C13H23N3O. The summed E-state index contributed by atoms with van der Waals surface area (Å²) in [5, 5.41) is 0. The summed E-state index contributed by atoms with van der Waals surface area (Å²) in [6, 6.07) is 4.14. The molecule has 1 aromatic heterocycles. The van der Waals surface area contributed by atoms with Crippen LogP contribution in [0.25, 0.3) is 0 Å². The highest BCUT2D eigenvalue weighted by Gasteiger charge is 2.03. The highest BCUT2D eigenvalue weighted by molar-refractivity contribution is 5.20. The van der Waals surface area contributed by atoms with Crippen LogP contribution >= 0.6 is 0 Å². The molecule has 0 spiro atoms. The molecule has 0 aromatic carbocycles. The van der Waals surface area contributed by atoms with Gasteiger partial charge < -0.3 is 15.4 Å². The quantitative estimate of drug-likeness (QED) is 0.776. The maximum absolute atomic E-state index is 5.88. The van der Waals surface area contributed by atoms with Gasteiger partial charge in [-0.05, 0) is 32.6 Å². The van der Waals surface area contributed by atoms with Crippen molar-refractivity contribution < 1.29 is 4.74 Å². The van der Waals surface area contributed by atoms with Crippen molar-refractivity contribution in [2.75, 3.05) is 27.2 Å². The molecule has 17 heavy (non-hydrogen) atoms. The lowest BCUT2D eigenvalue weighted by atomic mass is 10.1. The van der Waals surface area contributed by atoms with Gasteiger partial charge in [0, 0.05) is 24.7 Å². The second-order valence-corrected chi connectivity index (χ2v) is 4.51. The Balaban J connectivity index is 2.39. The smallest absolute Gasteiger partial charge is 0.137 e. The minimum atomic E-state index is 0.197. The van der Waals surface area contributed by atoms with Crippen molar-refractivity contribution in [3.8, 4) is 5.75 Å². The number of rotatable bonds is 7. The van der Waals surface area contributed by atoms with E-state index in [0.717, 1.165) is 30.8 Å². The summed E-state index contributed by atoms with van der Waals surface area (Å²) in [5.41, 5.74) is 6.91. The van der Waals surface area contributed by atoms with Gasteiger partial charge in [-0.25, -0.2) is 0 Å². The van der Waals surface area contributed by atoms with Gasteiger partial charge in [-0.1, -0.05) is 6.92 Å². The molecule has 0 aliphatic carbocycles. The fourth-order valence-electron chi connectivity index (χ4n) is 1.38. The molecule has 1 unspecified atom stereocenters. The van der Waals surface area contributed by atoms with Crippen molar-refractivity contribution in [3.05, 3.63) is 24.0 Å². The summed E-state index contributed by atoms with van der Waals surface area (Å²) in [6.07, 6.45) is 3.57. The van der Waals surface area contributed by atoms with Crippen molar-refractivity contribution in [2.24, 2.45) is 5.73 Å². The molecule has 96 valence electrons. The van der Waals surface area contributed by atoms with E-state index in [1.54, 1.807) is 6.20 Å². The molecule has 0 bridgehead atoms. The van der Waals surface area contributed by atoms with E-state index in [4.69, 9.17) is 10.5 Å². The lowest BCUT2D eigenvalue weighted by molar-refractivity contribution is 0.260. The first kappa shape index (κ1) is 13.9. The molecule has 1 heterocycles. The van der Waals surface area contributed by atoms with Crippen LogP contribution in [-0.4, -0.2) is 43.2 Å². The van der Waals surface area contributed by atoms with Crippen molar-refractivity contribution in [3.63, 3.8) is 0 Å². The Morgan fingerprint density at radius 2 is 2.18 bits per heavy atom. The second kappa shape index (κ2) is 7.25. The Morgan fingerprint density at radius 3 is 2.71 bits per heavy atom. The summed E-state index contributed by atoms with van der Waals surface area (Å²) in [5.74, 6) is 0.820. The van der Waals surface area contributed by atoms with Crippen LogP contribution in [0, 0.1) is 0 Å². The zero-order valence-electron chi connectivity index (χ0n) is 11.0. The molecule has 0 aliphatic rings. The summed E-state index contributed by atoms with van der Waals surface area (Å²) < 4.78 is 5.57. The van der Waals surface area contributed by atoms with Gasteiger partial charge in [0.25, 0.3) is 0 Å². The topological polar surface area (TPSA) is 51.4 Å². The first-order valence-corrected chi connectivity index (χ1v) is 6.10. The molecule has 1 atom stereocenters. The fraction of sp³-hybridized carbons (Fsp3) is 0.615. The van der Waals surface area contributed by atoms with Gasteiger partial charge in [0.1, 0.15) is 12.4 Å². The van der Waals surface area contributed by atoms with Crippen LogP contribution in [0.4, 0.5) is 0 Å². The zero-order chi connectivity index (χ0) is 12.7. The van der Waals surface area contributed by atoms with Gasteiger partial charge in [-0.2, -0.15) is 0 Å². The van der Waals surface area contributed by atoms with E-state index in [0.29, 0.717) is 6.61 Å². The van der Waals surface area contributed by atoms with Crippen LogP contribution in [0.5, 0.6) is 5.75 Å². The average Bonchev–Trinajstić information content (AvgIpc) is 2.31. The van der Waals surface area contributed by atoms with Crippen LogP contribution in [-0.2, 0) is 6.42 Å². The fourth-order valence-corrected chi connectivity index (χ4v) is 1.38. The van der Waals surface area contributed by atoms with Crippen LogP contribution in [0.2, 0.25) is 0 Å². The zero-order valence-corrected chi connectivity index (χ0v) is 11.0. The average molecular weight is 237 g/mol. The SMILES string of the molecule is CCC(N)Cc1ccc(OCCN(C)C)cn1. The predicted octanol–water partition coefficient (Wildman–Crippen LogP) is 1.30. The summed E-state index contributed by atoms with van der Waals surface area (Å²) in [4.78, 5) is 6.43. The van der Waals surface area contributed by atoms with Crippen molar-refractivity contribution in [1.82, 2.24) is 9.88 Å².